The summed E-state index contributed by atoms with van der Waals surface area (Å²) in [4.78, 5) is 19.3. The van der Waals surface area contributed by atoms with Gasteiger partial charge in [0.1, 0.15) is 11.5 Å². The number of oxime groups is 1. The van der Waals surface area contributed by atoms with E-state index in [1.165, 1.54) is 6.07 Å². The van der Waals surface area contributed by atoms with Crippen molar-refractivity contribution < 1.29 is 18.4 Å². The van der Waals surface area contributed by atoms with Gasteiger partial charge in [0.2, 0.25) is 5.91 Å². The van der Waals surface area contributed by atoms with Gasteiger partial charge in [-0.15, -0.1) is 0 Å². The highest BCUT2D eigenvalue weighted by Gasteiger charge is 2.28. The Bertz CT molecular complexity index is 790. The van der Waals surface area contributed by atoms with Gasteiger partial charge in [-0.2, -0.15) is 0 Å². The van der Waals surface area contributed by atoms with E-state index in [4.69, 9.17) is 20.9 Å². The van der Waals surface area contributed by atoms with Crippen LogP contribution in [0.25, 0.3) is 0 Å². The summed E-state index contributed by atoms with van der Waals surface area (Å²) in [7, 11) is 0. The van der Waals surface area contributed by atoms with Gasteiger partial charge in [0.15, 0.2) is 17.1 Å². The summed E-state index contributed by atoms with van der Waals surface area (Å²) in [5, 5.41) is 4.30. The zero-order valence-electron chi connectivity index (χ0n) is 13.7. The minimum Gasteiger partial charge on any atom is -0.443 e. The summed E-state index contributed by atoms with van der Waals surface area (Å²) in [6.07, 6.45) is 0.526. The molecule has 2 aromatic rings. The third-order valence-electron chi connectivity index (χ3n) is 3.99. The number of halogens is 2. The molecule has 132 valence electrons. The monoisotopic (exact) mass is 364 g/mol. The molecule has 1 aromatic heterocycles. The summed E-state index contributed by atoms with van der Waals surface area (Å²) in [5.41, 5.74) is 1.12. The number of carbonyl (C=O) groups is 1. The van der Waals surface area contributed by atoms with Gasteiger partial charge in [-0.1, -0.05) is 30.3 Å². The predicted octanol–water partition coefficient (Wildman–Crippen LogP) is 4.00. The Kier molecular flexibility index (Phi) is 5.38. The second-order valence-electron chi connectivity index (χ2n) is 5.79. The van der Waals surface area contributed by atoms with Crippen LogP contribution in [0.3, 0.4) is 0 Å². The number of amides is 1. The molecule has 1 atom stereocenters. The minimum atomic E-state index is -0.328. The zero-order valence-corrected chi connectivity index (χ0v) is 14.5. The second kappa shape index (κ2) is 7.70. The summed E-state index contributed by atoms with van der Waals surface area (Å²) in [6, 6.07) is 9.80. The van der Waals surface area contributed by atoms with E-state index in [2.05, 4.69) is 5.16 Å². The van der Waals surface area contributed by atoms with E-state index in [0.717, 1.165) is 0 Å². The van der Waals surface area contributed by atoms with Gasteiger partial charge in [0, 0.05) is 24.9 Å². The van der Waals surface area contributed by atoms with Crippen LogP contribution in [-0.2, 0) is 16.2 Å². The Labute approximate surface area is 150 Å². The van der Waals surface area contributed by atoms with Crippen LogP contribution in [0, 0.1) is 5.82 Å². The van der Waals surface area contributed by atoms with E-state index in [1.54, 1.807) is 42.2 Å². The summed E-state index contributed by atoms with van der Waals surface area (Å²) in [5.74, 6) is 0.155. The topological polar surface area (TPSA) is 55.0 Å². The van der Waals surface area contributed by atoms with E-state index < -0.39 is 0 Å². The molecule has 0 saturated heterocycles. The molecule has 0 radical (unpaired) electrons. The first-order valence-electron chi connectivity index (χ1n) is 8.06. The SMILES string of the molecule is CCC(=O)N(Cc1ccccc1F)CC1CC(c2ccc(Cl)o2)=NO1. The van der Waals surface area contributed by atoms with Crippen molar-refractivity contribution in [2.75, 3.05) is 6.54 Å². The highest BCUT2D eigenvalue weighted by molar-refractivity contribution is 6.29. The quantitative estimate of drug-likeness (QED) is 0.778. The van der Waals surface area contributed by atoms with Gasteiger partial charge in [-0.05, 0) is 29.8 Å². The fourth-order valence-electron chi connectivity index (χ4n) is 2.70. The number of hydrogen-bond acceptors (Lipinski definition) is 4. The van der Waals surface area contributed by atoms with Crippen molar-refractivity contribution in [1.29, 1.82) is 0 Å². The zero-order chi connectivity index (χ0) is 17.8. The van der Waals surface area contributed by atoms with Crippen molar-refractivity contribution in [3.63, 3.8) is 0 Å². The van der Waals surface area contributed by atoms with Gasteiger partial charge in [-0.25, -0.2) is 4.39 Å². The lowest BCUT2D eigenvalue weighted by molar-refractivity contribution is -0.133. The Balaban J connectivity index is 1.66. The lowest BCUT2D eigenvalue weighted by atomic mass is 10.1. The molecule has 25 heavy (non-hydrogen) atoms. The highest BCUT2D eigenvalue weighted by atomic mass is 35.5. The largest absolute Gasteiger partial charge is 0.443 e. The Morgan fingerprint density at radius 3 is 2.84 bits per heavy atom. The summed E-state index contributed by atoms with van der Waals surface area (Å²) in [6.45, 7) is 2.29. The van der Waals surface area contributed by atoms with E-state index in [9.17, 15) is 9.18 Å². The molecule has 0 spiro atoms. The Morgan fingerprint density at radius 1 is 1.36 bits per heavy atom. The maximum Gasteiger partial charge on any atom is 0.222 e. The Morgan fingerprint density at radius 2 is 2.16 bits per heavy atom. The summed E-state index contributed by atoms with van der Waals surface area (Å²) >= 11 is 5.77. The normalized spacial score (nSPS) is 16.4. The van der Waals surface area contributed by atoms with Gasteiger partial charge in [0.05, 0.1) is 6.54 Å². The van der Waals surface area contributed by atoms with Crippen molar-refractivity contribution >= 4 is 23.2 Å². The van der Waals surface area contributed by atoms with Gasteiger partial charge in [0.25, 0.3) is 0 Å². The van der Waals surface area contributed by atoms with E-state index in [-0.39, 0.29) is 29.6 Å². The third kappa shape index (κ3) is 4.20. The van der Waals surface area contributed by atoms with Crippen LogP contribution in [0.1, 0.15) is 31.1 Å². The first-order valence-corrected chi connectivity index (χ1v) is 8.44. The van der Waals surface area contributed by atoms with E-state index in [1.807, 2.05) is 0 Å². The standard InChI is InChI=1S/C18H18ClFN2O3/c1-2-18(23)22(10-12-5-3-4-6-14(12)20)11-13-9-15(21-25-13)16-7-8-17(19)24-16/h3-8,13H,2,9-11H2,1H3. The van der Waals surface area contributed by atoms with E-state index >= 15 is 0 Å². The van der Waals surface area contributed by atoms with Crippen molar-refractivity contribution in [3.05, 3.63) is 58.8 Å². The van der Waals surface area contributed by atoms with Crippen LogP contribution in [-0.4, -0.2) is 29.2 Å². The smallest absolute Gasteiger partial charge is 0.222 e. The molecule has 0 saturated carbocycles. The molecule has 7 heteroatoms. The van der Waals surface area contributed by atoms with Gasteiger partial charge >= 0.3 is 0 Å². The number of furan rings is 1. The molecular formula is C18H18ClFN2O3. The number of rotatable bonds is 6. The Hall–Kier alpha value is -2.34. The number of carbonyl (C=O) groups excluding carboxylic acids is 1. The van der Waals surface area contributed by atoms with Crippen molar-refractivity contribution in [1.82, 2.24) is 4.90 Å². The molecule has 0 fully saturated rings. The molecule has 1 amide bonds. The van der Waals surface area contributed by atoms with Gasteiger partial charge < -0.3 is 14.2 Å². The van der Waals surface area contributed by atoms with Crippen molar-refractivity contribution in [3.8, 4) is 0 Å². The van der Waals surface area contributed by atoms with Crippen LogP contribution >= 0.6 is 11.6 Å². The summed E-state index contributed by atoms with van der Waals surface area (Å²) < 4.78 is 19.2. The van der Waals surface area contributed by atoms with Crippen LogP contribution in [0.4, 0.5) is 4.39 Å². The maximum atomic E-state index is 13.9. The predicted molar refractivity (Wildman–Crippen MR) is 91.9 cm³/mol. The molecule has 1 aliphatic heterocycles. The highest BCUT2D eigenvalue weighted by Crippen LogP contribution is 2.22. The maximum absolute atomic E-state index is 13.9. The van der Waals surface area contributed by atoms with Gasteiger partial charge in [-0.3, -0.25) is 4.79 Å². The molecule has 0 aliphatic carbocycles. The minimum absolute atomic E-state index is 0.0682. The fraction of sp³-hybridized carbons (Fsp3) is 0.333. The average Bonchev–Trinajstić information content (AvgIpc) is 3.24. The number of benzene rings is 1. The lowest BCUT2D eigenvalue weighted by Crippen LogP contribution is -2.37. The molecule has 2 heterocycles. The van der Waals surface area contributed by atoms with Crippen molar-refractivity contribution in [2.45, 2.75) is 32.4 Å². The molecule has 1 aliphatic rings. The van der Waals surface area contributed by atoms with Crippen LogP contribution in [0.2, 0.25) is 5.22 Å². The lowest BCUT2D eigenvalue weighted by Gasteiger charge is -2.24. The molecule has 3 rings (SSSR count). The fourth-order valence-corrected chi connectivity index (χ4v) is 2.84. The molecule has 5 nitrogen and oxygen atoms in total. The average molecular weight is 365 g/mol. The number of nitrogens with zero attached hydrogens (tertiary/aromatic N) is 2. The van der Waals surface area contributed by atoms with Crippen LogP contribution < -0.4 is 0 Å². The molecule has 0 bridgehead atoms. The third-order valence-corrected chi connectivity index (χ3v) is 4.19. The molecular weight excluding hydrogens is 347 g/mol. The van der Waals surface area contributed by atoms with Crippen LogP contribution in [0.5, 0.6) is 0 Å². The molecule has 0 N–H and O–H groups in total. The first kappa shape index (κ1) is 17.5. The molecule has 1 unspecified atom stereocenters. The van der Waals surface area contributed by atoms with Crippen LogP contribution in [0.15, 0.2) is 46.0 Å². The first-order chi connectivity index (χ1) is 12.1. The molecule has 1 aromatic carbocycles. The van der Waals surface area contributed by atoms with E-state index in [0.29, 0.717) is 36.4 Å². The second-order valence-corrected chi connectivity index (χ2v) is 6.17. The van der Waals surface area contributed by atoms with Crippen molar-refractivity contribution in [2.24, 2.45) is 5.16 Å². The number of hydrogen-bond donors (Lipinski definition) is 0.